The number of aliphatic hydroxyl groups is 1. The minimum Gasteiger partial charge on any atom is -0.415 e. The first-order chi connectivity index (χ1) is 15.5. The van der Waals surface area contributed by atoms with Crippen LogP contribution in [-0.2, 0) is 6.42 Å². The number of nitrogens with zero attached hydrogens (tertiary/aromatic N) is 3. The predicted molar refractivity (Wildman–Crippen MR) is 113 cm³/mol. The molecule has 0 saturated heterocycles. The lowest BCUT2D eigenvalue weighted by Gasteiger charge is -2.07. The fourth-order valence-electron chi connectivity index (χ4n) is 3.20. The number of aromatic amines is 1. The van der Waals surface area contributed by atoms with Crippen LogP contribution in [0.25, 0.3) is 22.8 Å². The summed E-state index contributed by atoms with van der Waals surface area (Å²) in [5.74, 6) is -1.30. The number of carbonyl (C=O) groups excluding carboxylic acids is 1. The van der Waals surface area contributed by atoms with Gasteiger partial charge < -0.3 is 20.2 Å². The molecule has 2 aromatic carbocycles. The molecule has 0 fully saturated rings. The summed E-state index contributed by atoms with van der Waals surface area (Å²) in [7, 11) is 1.44. The van der Waals surface area contributed by atoms with Crippen LogP contribution in [0.15, 0.2) is 55.0 Å². The zero-order valence-corrected chi connectivity index (χ0v) is 17.0. The number of hydrogen-bond donors (Lipinski definition) is 3. The van der Waals surface area contributed by atoms with Crippen molar-refractivity contribution in [3.8, 4) is 22.8 Å². The number of carbonyl (C=O) groups is 1. The molecular formula is C22H19F2N5O3. The number of rotatable bonds is 7. The molecule has 0 saturated carbocycles. The van der Waals surface area contributed by atoms with E-state index in [0.29, 0.717) is 28.9 Å². The fourth-order valence-corrected chi connectivity index (χ4v) is 3.20. The molecule has 0 aliphatic rings. The first-order valence-electron chi connectivity index (χ1n) is 9.64. The van der Waals surface area contributed by atoms with Gasteiger partial charge >= 0.3 is 0 Å². The summed E-state index contributed by atoms with van der Waals surface area (Å²) in [5.41, 5.74) is 2.24. The summed E-state index contributed by atoms with van der Waals surface area (Å²) in [6.45, 7) is -0.0972. The van der Waals surface area contributed by atoms with Crippen molar-refractivity contribution in [1.82, 2.24) is 19.7 Å². The highest BCUT2D eigenvalue weighted by atomic mass is 19.1. The largest absolute Gasteiger partial charge is 0.415 e. The fraction of sp³-hybridized carbons (Fsp3) is 0.136. The Morgan fingerprint density at radius 1 is 1.19 bits per heavy atom. The number of benzene rings is 2. The number of anilines is 1. The third-order valence-electron chi connectivity index (χ3n) is 4.78. The monoisotopic (exact) mass is 439 g/mol. The number of halogens is 2. The maximum Gasteiger partial charge on any atom is 0.273 e. The van der Waals surface area contributed by atoms with Crippen LogP contribution >= 0.6 is 0 Å². The molecule has 0 spiro atoms. The second-order valence-corrected chi connectivity index (χ2v) is 6.84. The number of amides is 1. The summed E-state index contributed by atoms with van der Waals surface area (Å²) in [6, 6.07) is 10.1. The molecule has 32 heavy (non-hydrogen) atoms. The Bertz CT molecular complexity index is 1250. The second kappa shape index (κ2) is 8.98. The Morgan fingerprint density at radius 3 is 2.66 bits per heavy atom. The van der Waals surface area contributed by atoms with Crippen molar-refractivity contribution in [2.45, 2.75) is 6.42 Å². The third-order valence-corrected chi connectivity index (χ3v) is 4.78. The van der Waals surface area contributed by atoms with E-state index in [1.54, 1.807) is 18.2 Å². The van der Waals surface area contributed by atoms with E-state index < -0.39 is 11.7 Å². The molecule has 0 atom stereocenters. The van der Waals surface area contributed by atoms with E-state index in [0.717, 1.165) is 0 Å². The van der Waals surface area contributed by atoms with E-state index in [9.17, 15) is 13.6 Å². The van der Waals surface area contributed by atoms with E-state index in [2.05, 4.69) is 20.3 Å². The summed E-state index contributed by atoms with van der Waals surface area (Å²) in [6.07, 6.45) is 3.06. The molecule has 0 radical (unpaired) electrons. The van der Waals surface area contributed by atoms with Crippen molar-refractivity contribution < 1.29 is 23.5 Å². The Morgan fingerprint density at radius 2 is 1.97 bits per heavy atom. The van der Waals surface area contributed by atoms with Crippen LogP contribution < -0.4 is 10.2 Å². The van der Waals surface area contributed by atoms with E-state index >= 15 is 0 Å². The second-order valence-electron chi connectivity index (χ2n) is 6.84. The minimum atomic E-state index is -0.611. The van der Waals surface area contributed by atoms with Gasteiger partial charge in [-0.05, 0) is 48.4 Å². The minimum absolute atomic E-state index is 0.00164. The maximum absolute atomic E-state index is 14.3. The Labute approximate surface area is 181 Å². The molecule has 4 aromatic rings. The van der Waals surface area contributed by atoms with Gasteiger partial charge in [-0.25, -0.2) is 18.7 Å². The van der Waals surface area contributed by atoms with Crippen LogP contribution in [0, 0.1) is 11.6 Å². The van der Waals surface area contributed by atoms with Gasteiger partial charge in [0, 0.05) is 12.2 Å². The average molecular weight is 439 g/mol. The van der Waals surface area contributed by atoms with Gasteiger partial charge in [0.1, 0.15) is 36.5 Å². The first kappa shape index (κ1) is 21.2. The third kappa shape index (κ3) is 4.21. The van der Waals surface area contributed by atoms with Crippen LogP contribution in [-0.4, -0.2) is 44.4 Å². The number of nitrogens with one attached hydrogen (secondary N) is 2. The Kier molecular flexibility index (Phi) is 5.95. The highest BCUT2D eigenvalue weighted by Crippen LogP contribution is 2.29. The number of hydrogen-bond acceptors (Lipinski definition) is 5. The molecule has 0 bridgehead atoms. The number of aromatic nitrogens is 4. The molecular weight excluding hydrogens is 420 g/mol. The van der Waals surface area contributed by atoms with Gasteiger partial charge in [0.15, 0.2) is 11.5 Å². The van der Waals surface area contributed by atoms with Crippen LogP contribution in [0.1, 0.15) is 16.1 Å². The van der Waals surface area contributed by atoms with Crippen LogP contribution in [0.3, 0.4) is 0 Å². The Balaban J connectivity index is 1.61. The topological polar surface area (TPSA) is 105 Å². The SMILES string of the molecule is COn1cnc(-c2ccc(F)cc2)c1-c1ncc(C(=O)Nc2ccc(CCO)cc2F)[nH]1. The van der Waals surface area contributed by atoms with Gasteiger partial charge in [-0.2, -0.15) is 4.73 Å². The predicted octanol–water partition coefficient (Wildman–Crippen LogP) is 3.06. The molecule has 4 rings (SSSR count). The molecule has 164 valence electrons. The van der Waals surface area contributed by atoms with Gasteiger partial charge in [0.05, 0.1) is 11.9 Å². The standard InChI is InChI=1S/C22H19F2N5O3/c1-32-29-12-26-19(14-3-5-15(23)6-4-14)20(29)21-25-11-18(27-21)22(31)28-17-7-2-13(8-9-30)10-16(17)24/h2-7,10-12,30H,8-9H2,1H3,(H,25,27)(H,28,31). The van der Waals surface area contributed by atoms with E-state index in [1.807, 2.05) is 0 Å². The van der Waals surface area contributed by atoms with Gasteiger partial charge in [0.2, 0.25) is 0 Å². The number of imidazole rings is 2. The number of aliphatic hydroxyl groups excluding tert-OH is 1. The van der Waals surface area contributed by atoms with Crippen LogP contribution in [0.2, 0.25) is 0 Å². The van der Waals surface area contributed by atoms with Crippen molar-refractivity contribution in [2.24, 2.45) is 0 Å². The summed E-state index contributed by atoms with van der Waals surface area (Å²) < 4.78 is 28.9. The average Bonchev–Trinajstić information content (AvgIpc) is 3.43. The first-order valence-corrected chi connectivity index (χ1v) is 9.64. The lowest BCUT2D eigenvalue weighted by molar-refractivity contribution is 0.102. The molecule has 0 unspecified atom stereocenters. The zero-order chi connectivity index (χ0) is 22.7. The highest BCUT2D eigenvalue weighted by Gasteiger charge is 2.21. The van der Waals surface area contributed by atoms with Crippen molar-refractivity contribution in [2.75, 3.05) is 19.0 Å². The summed E-state index contributed by atoms with van der Waals surface area (Å²) in [4.78, 5) is 29.4. The van der Waals surface area contributed by atoms with E-state index in [4.69, 9.17) is 9.94 Å². The lowest BCUT2D eigenvalue weighted by Crippen LogP contribution is -2.14. The molecule has 0 aliphatic carbocycles. The molecule has 10 heteroatoms. The van der Waals surface area contributed by atoms with Crippen LogP contribution in [0.4, 0.5) is 14.5 Å². The molecule has 0 aliphatic heterocycles. The Hall–Kier alpha value is -4.05. The van der Waals surface area contributed by atoms with Gasteiger partial charge in [-0.1, -0.05) is 6.07 Å². The molecule has 2 aromatic heterocycles. The normalized spacial score (nSPS) is 10.9. The molecule has 1 amide bonds. The van der Waals surface area contributed by atoms with E-state index in [-0.39, 0.29) is 29.6 Å². The molecule has 8 nitrogen and oxygen atoms in total. The van der Waals surface area contributed by atoms with Gasteiger partial charge in [-0.3, -0.25) is 4.79 Å². The van der Waals surface area contributed by atoms with E-state index in [1.165, 1.54) is 48.6 Å². The van der Waals surface area contributed by atoms with Crippen molar-refractivity contribution in [3.05, 3.63) is 77.9 Å². The van der Waals surface area contributed by atoms with Crippen molar-refractivity contribution >= 4 is 11.6 Å². The van der Waals surface area contributed by atoms with Crippen molar-refractivity contribution in [3.63, 3.8) is 0 Å². The van der Waals surface area contributed by atoms with Crippen molar-refractivity contribution in [1.29, 1.82) is 0 Å². The summed E-state index contributed by atoms with van der Waals surface area (Å²) >= 11 is 0. The lowest BCUT2D eigenvalue weighted by atomic mass is 10.1. The molecule has 2 heterocycles. The number of H-pyrrole nitrogens is 1. The zero-order valence-electron chi connectivity index (χ0n) is 17.0. The smallest absolute Gasteiger partial charge is 0.273 e. The highest BCUT2D eigenvalue weighted by molar-refractivity contribution is 6.03. The van der Waals surface area contributed by atoms with Gasteiger partial charge in [-0.15, -0.1) is 0 Å². The van der Waals surface area contributed by atoms with Gasteiger partial charge in [0.25, 0.3) is 5.91 Å². The molecule has 3 N–H and O–H groups in total. The quantitative estimate of drug-likeness (QED) is 0.411. The van der Waals surface area contributed by atoms with Crippen LogP contribution in [0.5, 0.6) is 0 Å². The summed E-state index contributed by atoms with van der Waals surface area (Å²) in [5, 5.41) is 11.5. The maximum atomic E-state index is 14.3.